The van der Waals surface area contributed by atoms with E-state index in [4.69, 9.17) is 0 Å². The number of halogens is 1. The summed E-state index contributed by atoms with van der Waals surface area (Å²) in [6.45, 7) is 0.625. The van der Waals surface area contributed by atoms with Crippen LogP contribution < -0.4 is 5.32 Å². The van der Waals surface area contributed by atoms with E-state index in [1.807, 2.05) is 0 Å². The van der Waals surface area contributed by atoms with E-state index in [1.165, 1.54) is 12.1 Å². The van der Waals surface area contributed by atoms with Crippen LogP contribution >= 0.6 is 15.9 Å². The first-order valence-corrected chi connectivity index (χ1v) is 9.02. The standard InChI is InChI=1S/C13H16BrNO3S/c1-19(17,18)11-4-2-3-10(7-11)12(16)15-9-13(8-14)5-6-13/h2-4,7H,5-6,8-9H2,1H3,(H,15,16). The Hall–Kier alpha value is -0.880. The summed E-state index contributed by atoms with van der Waals surface area (Å²) in [6.07, 6.45) is 3.36. The van der Waals surface area contributed by atoms with Crippen molar-refractivity contribution in [2.24, 2.45) is 5.41 Å². The summed E-state index contributed by atoms with van der Waals surface area (Å²) in [5, 5.41) is 3.75. The van der Waals surface area contributed by atoms with E-state index in [1.54, 1.807) is 12.1 Å². The summed E-state index contributed by atoms with van der Waals surface area (Å²) in [5.41, 5.74) is 0.581. The predicted octanol–water partition coefficient (Wildman–Crippen LogP) is 2.00. The number of benzene rings is 1. The molecule has 0 heterocycles. The molecule has 19 heavy (non-hydrogen) atoms. The lowest BCUT2D eigenvalue weighted by Crippen LogP contribution is -2.31. The van der Waals surface area contributed by atoms with Gasteiger partial charge in [-0.1, -0.05) is 22.0 Å². The van der Waals surface area contributed by atoms with Gasteiger partial charge in [-0.05, 0) is 36.5 Å². The van der Waals surface area contributed by atoms with Crippen molar-refractivity contribution in [1.82, 2.24) is 5.32 Å². The quantitative estimate of drug-likeness (QED) is 0.830. The van der Waals surface area contributed by atoms with E-state index >= 15 is 0 Å². The SMILES string of the molecule is CS(=O)(=O)c1cccc(C(=O)NCC2(CBr)CC2)c1. The summed E-state index contributed by atoms with van der Waals surface area (Å²) >= 11 is 3.45. The minimum absolute atomic E-state index is 0.168. The van der Waals surface area contributed by atoms with Gasteiger partial charge in [0.2, 0.25) is 0 Å². The molecular weight excluding hydrogens is 330 g/mol. The number of amides is 1. The number of rotatable bonds is 5. The highest BCUT2D eigenvalue weighted by atomic mass is 79.9. The Morgan fingerprint density at radius 2 is 2.11 bits per heavy atom. The second-order valence-corrected chi connectivity index (χ2v) is 7.69. The fourth-order valence-electron chi connectivity index (χ4n) is 1.77. The Bertz CT molecular complexity index is 594. The Balaban J connectivity index is 2.07. The molecule has 0 aliphatic heterocycles. The first-order chi connectivity index (χ1) is 8.86. The van der Waals surface area contributed by atoms with Crippen LogP contribution in [0.2, 0.25) is 0 Å². The van der Waals surface area contributed by atoms with E-state index in [9.17, 15) is 13.2 Å². The topological polar surface area (TPSA) is 63.2 Å². The zero-order chi connectivity index (χ0) is 14.1. The maximum atomic E-state index is 12.0. The van der Waals surface area contributed by atoms with Crippen LogP contribution in [0.1, 0.15) is 23.2 Å². The lowest BCUT2D eigenvalue weighted by molar-refractivity contribution is 0.0946. The van der Waals surface area contributed by atoms with E-state index in [-0.39, 0.29) is 16.2 Å². The van der Waals surface area contributed by atoms with Crippen LogP contribution in [-0.2, 0) is 9.84 Å². The van der Waals surface area contributed by atoms with Gasteiger partial charge in [-0.15, -0.1) is 0 Å². The van der Waals surface area contributed by atoms with Crippen LogP contribution in [0, 0.1) is 5.41 Å². The average Bonchev–Trinajstić information content (AvgIpc) is 3.16. The highest BCUT2D eigenvalue weighted by Crippen LogP contribution is 2.46. The Kier molecular flexibility index (Phi) is 4.01. The van der Waals surface area contributed by atoms with Gasteiger partial charge in [0.1, 0.15) is 0 Å². The molecule has 1 aromatic carbocycles. The van der Waals surface area contributed by atoms with Crippen LogP contribution in [0.3, 0.4) is 0 Å². The molecule has 1 aliphatic rings. The van der Waals surface area contributed by atoms with Crippen LogP contribution in [-0.4, -0.2) is 32.5 Å². The Morgan fingerprint density at radius 3 is 2.63 bits per heavy atom. The molecule has 1 aromatic rings. The third-order valence-corrected chi connectivity index (χ3v) is 5.69. The lowest BCUT2D eigenvalue weighted by atomic mass is 10.1. The molecule has 0 aromatic heterocycles. The maximum absolute atomic E-state index is 12.0. The van der Waals surface area contributed by atoms with Gasteiger partial charge in [0.15, 0.2) is 9.84 Å². The van der Waals surface area contributed by atoms with Crippen LogP contribution in [0.25, 0.3) is 0 Å². The maximum Gasteiger partial charge on any atom is 0.251 e. The highest BCUT2D eigenvalue weighted by Gasteiger charge is 2.41. The summed E-state index contributed by atoms with van der Waals surface area (Å²) in [4.78, 5) is 12.2. The molecule has 0 spiro atoms. The second kappa shape index (κ2) is 5.25. The normalized spacial score (nSPS) is 16.9. The first-order valence-electron chi connectivity index (χ1n) is 6.01. The molecule has 0 unspecified atom stereocenters. The predicted molar refractivity (Wildman–Crippen MR) is 77.3 cm³/mol. The molecule has 1 fully saturated rings. The number of nitrogens with one attached hydrogen (secondary N) is 1. The molecule has 1 aliphatic carbocycles. The Morgan fingerprint density at radius 1 is 1.42 bits per heavy atom. The van der Waals surface area contributed by atoms with Gasteiger partial charge >= 0.3 is 0 Å². The van der Waals surface area contributed by atoms with E-state index < -0.39 is 9.84 Å². The molecule has 1 amide bonds. The molecule has 104 valence electrons. The molecule has 0 radical (unpaired) electrons. The first kappa shape index (κ1) is 14.5. The highest BCUT2D eigenvalue weighted by molar-refractivity contribution is 9.09. The number of sulfone groups is 1. The molecule has 0 bridgehead atoms. The van der Waals surface area contributed by atoms with Crippen molar-refractivity contribution >= 4 is 31.7 Å². The van der Waals surface area contributed by atoms with Gasteiger partial charge in [-0.3, -0.25) is 4.79 Å². The van der Waals surface area contributed by atoms with Gasteiger partial charge < -0.3 is 5.32 Å². The molecule has 1 N–H and O–H groups in total. The van der Waals surface area contributed by atoms with Crippen molar-refractivity contribution in [1.29, 1.82) is 0 Å². The van der Waals surface area contributed by atoms with Crippen molar-refractivity contribution < 1.29 is 13.2 Å². The summed E-state index contributed by atoms with van der Waals surface area (Å²) in [5.74, 6) is -0.224. The number of hydrogen-bond acceptors (Lipinski definition) is 3. The minimum Gasteiger partial charge on any atom is -0.351 e. The van der Waals surface area contributed by atoms with Crippen LogP contribution in [0.15, 0.2) is 29.2 Å². The second-order valence-electron chi connectivity index (χ2n) is 5.12. The fraction of sp³-hybridized carbons (Fsp3) is 0.462. The zero-order valence-electron chi connectivity index (χ0n) is 10.6. The van der Waals surface area contributed by atoms with Gasteiger partial charge in [0.25, 0.3) is 5.91 Å². The number of hydrogen-bond donors (Lipinski definition) is 1. The van der Waals surface area contributed by atoms with Crippen LogP contribution in [0.5, 0.6) is 0 Å². The van der Waals surface area contributed by atoms with Crippen molar-refractivity contribution in [3.8, 4) is 0 Å². The van der Waals surface area contributed by atoms with Crippen molar-refractivity contribution in [3.63, 3.8) is 0 Å². The molecule has 6 heteroatoms. The Labute approximate surface area is 121 Å². The molecular formula is C13H16BrNO3S. The lowest BCUT2D eigenvalue weighted by Gasteiger charge is -2.12. The van der Waals surface area contributed by atoms with Gasteiger partial charge in [-0.2, -0.15) is 0 Å². The van der Waals surface area contributed by atoms with Crippen molar-refractivity contribution in [3.05, 3.63) is 29.8 Å². The van der Waals surface area contributed by atoms with Crippen molar-refractivity contribution in [2.75, 3.05) is 18.1 Å². The average molecular weight is 346 g/mol. The van der Waals surface area contributed by atoms with Crippen molar-refractivity contribution in [2.45, 2.75) is 17.7 Å². The molecule has 0 saturated heterocycles. The van der Waals surface area contributed by atoms with Gasteiger partial charge in [0, 0.05) is 23.7 Å². The van der Waals surface area contributed by atoms with E-state index in [0.717, 1.165) is 24.4 Å². The van der Waals surface area contributed by atoms with E-state index in [0.29, 0.717) is 12.1 Å². The summed E-state index contributed by atoms with van der Waals surface area (Å²) < 4.78 is 22.9. The molecule has 2 rings (SSSR count). The third kappa shape index (κ3) is 3.57. The smallest absolute Gasteiger partial charge is 0.251 e. The van der Waals surface area contributed by atoms with E-state index in [2.05, 4.69) is 21.2 Å². The molecule has 1 saturated carbocycles. The molecule has 4 nitrogen and oxygen atoms in total. The number of carbonyl (C=O) groups is 1. The largest absolute Gasteiger partial charge is 0.351 e. The summed E-state index contributed by atoms with van der Waals surface area (Å²) in [7, 11) is -3.28. The van der Waals surface area contributed by atoms with Gasteiger partial charge in [-0.25, -0.2) is 8.42 Å². The molecule has 0 atom stereocenters. The number of alkyl halides is 1. The minimum atomic E-state index is -3.28. The zero-order valence-corrected chi connectivity index (χ0v) is 13.1. The summed E-state index contributed by atoms with van der Waals surface area (Å²) in [6, 6.07) is 6.12. The van der Waals surface area contributed by atoms with Gasteiger partial charge in [0.05, 0.1) is 4.90 Å². The monoisotopic (exact) mass is 345 g/mol. The fourth-order valence-corrected chi connectivity index (χ4v) is 3.20. The third-order valence-electron chi connectivity index (χ3n) is 3.39. The van der Waals surface area contributed by atoms with Crippen LogP contribution in [0.4, 0.5) is 0 Å². The number of carbonyl (C=O) groups excluding carboxylic acids is 1.